The molecule has 4 heteroatoms. The second kappa shape index (κ2) is 4.41. The Labute approximate surface area is 106 Å². The SMILES string of the molecule is Cc1cc(Cl)cc(-c2onc(N)c2C(C)C)c1. The van der Waals surface area contributed by atoms with Crippen LogP contribution in [0.25, 0.3) is 11.3 Å². The molecule has 90 valence electrons. The van der Waals surface area contributed by atoms with Crippen molar-refractivity contribution in [3.8, 4) is 11.3 Å². The smallest absolute Gasteiger partial charge is 0.172 e. The van der Waals surface area contributed by atoms with Crippen molar-refractivity contribution in [2.75, 3.05) is 5.73 Å². The highest BCUT2D eigenvalue weighted by molar-refractivity contribution is 6.30. The molecule has 0 atom stereocenters. The standard InChI is InChI=1S/C13H15ClN2O/c1-7(2)11-12(17-16-13(11)15)9-4-8(3)5-10(14)6-9/h4-7H,1-3H3,(H2,15,16). The maximum Gasteiger partial charge on any atom is 0.172 e. The molecule has 1 aromatic heterocycles. The van der Waals surface area contributed by atoms with Crippen molar-refractivity contribution in [3.63, 3.8) is 0 Å². The molecule has 0 saturated heterocycles. The maximum atomic E-state index is 6.05. The Morgan fingerprint density at radius 2 is 2.00 bits per heavy atom. The molecule has 2 aromatic rings. The molecule has 0 spiro atoms. The molecule has 0 unspecified atom stereocenters. The fraction of sp³-hybridized carbons (Fsp3) is 0.308. The molecule has 0 radical (unpaired) electrons. The van der Waals surface area contributed by atoms with E-state index in [-0.39, 0.29) is 5.92 Å². The van der Waals surface area contributed by atoms with E-state index in [4.69, 9.17) is 21.9 Å². The monoisotopic (exact) mass is 250 g/mol. The van der Waals surface area contributed by atoms with Crippen LogP contribution in [0.5, 0.6) is 0 Å². The van der Waals surface area contributed by atoms with Gasteiger partial charge in [-0.05, 0) is 36.6 Å². The highest BCUT2D eigenvalue weighted by Crippen LogP contribution is 2.34. The summed E-state index contributed by atoms with van der Waals surface area (Å²) in [5.74, 6) is 1.42. The van der Waals surface area contributed by atoms with Gasteiger partial charge in [-0.1, -0.05) is 30.6 Å². The van der Waals surface area contributed by atoms with Crippen LogP contribution in [0.2, 0.25) is 5.02 Å². The third kappa shape index (κ3) is 2.29. The maximum absolute atomic E-state index is 6.05. The number of nitrogens with zero attached hydrogens (tertiary/aromatic N) is 1. The van der Waals surface area contributed by atoms with E-state index in [1.54, 1.807) is 0 Å². The van der Waals surface area contributed by atoms with Crippen LogP contribution in [-0.4, -0.2) is 5.16 Å². The number of anilines is 1. The van der Waals surface area contributed by atoms with E-state index in [0.29, 0.717) is 16.6 Å². The van der Waals surface area contributed by atoms with Crippen LogP contribution in [0.4, 0.5) is 5.82 Å². The van der Waals surface area contributed by atoms with Gasteiger partial charge in [0.1, 0.15) is 0 Å². The van der Waals surface area contributed by atoms with Crippen LogP contribution >= 0.6 is 11.6 Å². The number of halogens is 1. The van der Waals surface area contributed by atoms with Crippen LogP contribution in [0.15, 0.2) is 22.7 Å². The van der Waals surface area contributed by atoms with E-state index in [0.717, 1.165) is 16.7 Å². The minimum absolute atomic E-state index is 0.260. The Morgan fingerprint density at radius 3 is 2.59 bits per heavy atom. The van der Waals surface area contributed by atoms with Crippen LogP contribution in [0.1, 0.15) is 30.9 Å². The van der Waals surface area contributed by atoms with Gasteiger partial charge in [0, 0.05) is 16.1 Å². The van der Waals surface area contributed by atoms with E-state index in [2.05, 4.69) is 19.0 Å². The molecule has 2 N–H and O–H groups in total. The first-order chi connectivity index (χ1) is 7.99. The van der Waals surface area contributed by atoms with Gasteiger partial charge in [-0.25, -0.2) is 0 Å². The van der Waals surface area contributed by atoms with Crippen molar-refractivity contribution >= 4 is 17.4 Å². The zero-order valence-electron chi connectivity index (χ0n) is 10.1. The minimum atomic E-state index is 0.260. The molecule has 0 aliphatic carbocycles. The lowest BCUT2D eigenvalue weighted by atomic mass is 9.98. The van der Waals surface area contributed by atoms with Gasteiger partial charge in [0.2, 0.25) is 0 Å². The lowest BCUT2D eigenvalue weighted by molar-refractivity contribution is 0.434. The average Bonchev–Trinajstić information content (AvgIpc) is 2.58. The third-order valence-corrected chi connectivity index (χ3v) is 2.86. The predicted octanol–water partition coefficient (Wildman–Crippen LogP) is 4.01. The zero-order valence-corrected chi connectivity index (χ0v) is 10.9. The normalized spacial score (nSPS) is 11.1. The summed E-state index contributed by atoms with van der Waals surface area (Å²) in [6, 6.07) is 5.78. The zero-order chi connectivity index (χ0) is 12.6. The molecule has 1 heterocycles. The van der Waals surface area contributed by atoms with Gasteiger partial charge < -0.3 is 10.3 Å². The Balaban J connectivity index is 2.60. The van der Waals surface area contributed by atoms with Crippen LogP contribution in [-0.2, 0) is 0 Å². The number of nitrogen functional groups attached to an aromatic ring is 1. The Bertz CT molecular complexity index is 526. The predicted molar refractivity (Wildman–Crippen MR) is 70.2 cm³/mol. The van der Waals surface area contributed by atoms with Gasteiger partial charge in [0.05, 0.1) is 0 Å². The molecule has 0 aliphatic rings. The fourth-order valence-electron chi connectivity index (χ4n) is 1.94. The highest BCUT2D eigenvalue weighted by Gasteiger charge is 2.18. The number of benzene rings is 1. The quantitative estimate of drug-likeness (QED) is 0.876. The summed E-state index contributed by atoms with van der Waals surface area (Å²) in [7, 11) is 0. The van der Waals surface area contributed by atoms with Crippen molar-refractivity contribution in [2.45, 2.75) is 26.7 Å². The number of hydrogen-bond donors (Lipinski definition) is 1. The van der Waals surface area contributed by atoms with E-state index in [1.807, 2.05) is 25.1 Å². The van der Waals surface area contributed by atoms with Gasteiger partial charge in [-0.3, -0.25) is 0 Å². The first kappa shape index (κ1) is 12.0. The molecule has 17 heavy (non-hydrogen) atoms. The van der Waals surface area contributed by atoms with E-state index in [9.17, 15) is 0 Å². The van der Waals surface area contributed by atoms with Gasteiger partial charge in [0.25, 0.3) is 0 Å². The summed E-state index contributed by atoms with van der Waals surface area (Å²) < 4.78 is 5.32. The van der Waals surface area contributed by atoms with E-state index in [1.165, 1.54) is 0 Å². The third-order valence-electron chi connectivity index (χ3n) is 2.64. The second-order valence-corrected chi connectivity index (χ2v) is 4.92. The molecule has 3 nitrogen and oxygen atoms in total. The summed E-state index contributed by atoms with van der Waals surface area (Å²) >= 11 is 6.05. The van der Waals surface area contributed by atoms with Crippen molar-refractivity contribution < 1.29 is 4.52 Å². The van der Waals surface area contributed by atoms with Crippen molar-refractivity contribution in [1.29, 1.82) is 0 Å². The van der Waals surface area contributed by atoms with Crippen LogP contribution in [0.3, 0.4) is 0 Å². The molecule has 0 fully saturated rings. The van der Waals surface area contributed by atoms with Crippen molar-refractivity contribution in [1.82, 2.24) is 5.16 Å². The Kier molecular flexibility index (Phi) is 3.11. The summed E-state index contributed by atoms with van der Waals surface area (Å²) in [6.07, 6.45) is 0. The fourth-order valence-corrected chi connectivity index (χ4v) is 2.23. The topological polar surface area (TPSA) is 52.0 Å². The second-order valence-electron chi connectivity index (χ2n) is 4.48. The largest absolute Gasteiger partial charge is 0.381 e. The molecule has 0 amide bonds. The van der Waals surface area contributed by atoms with E-state index < -0.39 is 0 Å². The Hall–Kier alpha value is -1.48. The number of nitrogens with two attached hydrogens (primary N) is 1. The van der Waals surface area contributed by atoms with Gasteiger partial charge >= 0.3 is 0 Å². The lowest BCUT2D eigenvalue weighted by Gasteiger charge is -2.06. The van der Waals surface area contributed by atoms with Gasteiger partial charge in [-0.15, -0.1) is 0 Å². The molecular weight excluding hydrogens is 236 g/mol. The van der Waals surface area contributed by atoms with Crippen LogP contribution in [0, 0.1) is 6.92 Å². The highest BCUT2D eigenvalue weighted by atomic mass is 35.5. The average molecular weight is 251 g/mol. The summed E-state index contributed by atoms with van der Waals surface area (Å²) in [5, 5.41) is 4.52. The molecule has 0 saturated carbocycles. The molecular formula is C13H15ClN2O. The minimum Gasteiger partial charge on any atom is -0.381 e. The van der Waals surface area contributed by atoms with Crippen molar-refractivity contribution in [3.05, 3.63) is 34.3 Å². The van der Waals surface area contributed by atoms with Gasteiger partial charge in [0.15, 0.2) is 11.6 Å². The summed E-state index contributed by atoms with van der Waals surface area (Å²) in [5.41, 5.74) is 8.75. The first-order valence-corrected chi connectivity index (χ1v) is 5.89. The molecule has 1 aromatic carbocycles. The van der Waals surface area contributed by atoms with Crippen molar-refractivity contribution in [2.24, 2.45) is 0 Å². The lowest BCUT2D eigenvalue weighted by Crippen LogP contribution is -1.95. The number of rotatable bonds is 2. The molecule has 2 rings (SSSR count). The Morgan fingerprint density at radius 1 is 1.29 bits per heavy atom. The number of hydrogen-bond acceptors (Lipinski definition) is 3. The van der Waals surface area contributed by atoms with Gasteiger partial charge in [-0.2, -0.15) is 0 Å². The van der Waals surface area contributed by atoms with E-state index >= 15 is 0 Å². The number of aromatic nitrogens is 1. The first-order valence-electron chi connectivity index (χ1n) is 5.51. The van der Waals surface area contributed by atoms with Crippen LogP contribution < -0.4 is 5.73 Å². The molecule has 0 aliphatic heterocycles. The molecule has 0 bridgehead atoms. The number of aryl methyl sites for hydroxylation is 1. The summed E-state index contributed by atoms with van der Waals surface area (Å²) in [6.45, 7) is 6.11. The summed E-state index contributed by atoms with van der Waals surface area (Å²) in [4.78, 5) is 0.